The van der Waals surface area contributed by atoms with E-state index in [4.69, 9.17) is 9.47 Å². The first-order valence-electron chi connectivity index (χ1n) is 11.1. The van der Waals surface area contributed by atoms with Crippen molar-refractivity contribution in [2.24, 2.45) is 0 Å². The van der Waals surface area contributed by atoms with Crippen molar-refractivity contribution in [1.29, 1.82) is 0 Å². The fourth-order valence-electron chi connectivity index (χ4n) is 4.04. The number of benzene rings is 2. The highest BCUT2D eigenvalue weighted by Gasteiger charge is 2.47. The first kappa shape index (κ1) is 23.0. The standard InChI is InChI=1S/C27H26N2O5/c1-4-33-20-10-11-21(22(16-20)34-5-2)25(30)23-24(18-12-14-28-15-13-18)29(27(32)26(23)31)19-8-6-17(3)7-9-19/h6-16,24,30H,4-5H2,1-3H3/b25-23-. The Morgan fingerprint density at radius 1 is 0.971 bits per heavy atom. The third-order valence-corrected chi connectivity index (χ3v) is 5.60. The summed E-state index contributed by atoms with van der Waals surface area (Å²) in [6, 6.07) is 14.9. The van der Waals surface area contributed by atoms with Crippen molar-refractivity contribution in [3.8, 4) is 11.5 Å². The van der Waals surface area contributed by atoms with Crippen molar-refractivity contribution in [3.05, 3.63) is 89.3 Å². The van der Waals surface area contributed by atoms with Gasteiger partial charge in [0, 0.05) is 24.1 Å². The van der Waals surface area contributed by atoms with Gasteiger partial charge in [-0.1, -0.05) is 17.7 Å². The van der Waals surface area contributed by atoms with E-state index in [2.05, 4.69) is 4.98 Å². The van der Waals surface area contributed by atoms with Crippen LogP contribution < -0.4 is 14.4 Å². The number of aryl methyl sites for hydroxylation is 1. The van der Waals surface area contributed by atoms with Crippen LogP contribution in [0.25, 0.3) is 5.76 Å². The largest absolute Gasteiger partial charge is 0.507 e. The first-order chi connectivity index (χ1) is 16.5. The van der Waals surface area contributed by atoms with Gasteiger partial charge < -0.3 is 14.6 Å². The van der Waals surface area contributed by atoms with Crippen LogP contribution in [0.5, 0.6) is 11.5 Å². The molecule has 7 heteroatoms. The molecule has 1 amide bonds. The molecule has 3 aromatic rings. The van der Waals surface area contributed by atoms with Gasteiger partial charge in [-0.2, -0.15) is 0 Å². The minimum absolute atomic E-state index is 0.0121. The van der Waals surface area contributed by atoms with E-state index < -0.39 is 17.7 Å². The average Bonchev–Trinajstić information content (AvgIpc) is 3.11. The highest BCUT2D eigenvalue weighted by molar-refractivity contribution is 6.51. The van der Waals surface area contributed by atoms with Crippen LogP contribution in [0, 0.1) is 6.92 Å². The Morgan fingerprint density at radius 3 is 2.29 bits per heavy atom. The van der Waals surface area contributed by atoms with Crippen molar-refractivity contribution >= 4 is 23.1 Å². The number of hydrogen-bond donors (Lipinski definition) is 1. The molecule has 1 N–H and O–H groups in total. The van der Waals surface area contributed by atoms with Gasteiger partial charge >= 0.3 is 0 Å². The Balaban J connectivity index is 1.92. The molecule has 4 rings (SSSR count). The number of Topliss-reactive ketones (excluding diaryl/α,β-unsaturated/α-hetero) is 1. The summed E-state index contributed by atoms with van der Waals surface area (Å²) in [6.45, 7) is 6.46. The zero-order valence-electron chi connectivity index (χ0n) is 19.3. The average molecular weight is 459 g/mol. The van der Waals surface area contributed by atoms with Crippen LogP contribution in [0.15, 0.2) is 72.6 Å². The normalized spacial score (nSPS) is 17.1. The lowest BCUT2D eigenvalue weighted by Gasteiger charge is -2.25. The summed E-state index contributed by atoms with van der Waals surface area (Å²) in [6.07, 6.45) is 3.18. The van der Waals surface area contributed by atoms with E-state index in [-0.39, 0.29) is 11.3 Å². The third-order valence-electron chi connectivity index (χ3n) is 5.60. The summed E-state index contributed by atoms with van der Waals surface area (Å²) in [5.74, 6) is -0.845. The minimum Gasteiger partial charge on any atom is -0.507 e. The number of rotatable bonds is 7. The molecule has 0 aliphatic carbocycles. The van der Waals surface area contributed by atoms with Gasteiger partial charge in [0.05, 0.1) is 30.4 Å². The molecular formula is C27H26N2O5. The summed E-state index contributed by atoms with van der Waals surface area (Å²) in [4.78, 5) is 32.0. The van der Waals surface area contributed by atoms with E-state index in [1.165, 1.54) is 4.90 Å². The molecule has 1 aliphatic rings. The molecular weight excluding hydrogens is 432 g/mol. The van der Waals surface area contributed by atoms with Crippen molar-refractivity contribution in [1.82, 2.24) is 4.98 Å². The molecule has 7 nitrogen and oxygen atoms in total. The van der Waals surface area contributed by atoms with Crippen LogP contribution in [-0.4, -0.2) is 35.0 Å². The summed E-state index contributed by atoms with van der Waals surface area (Å²) in [5.41, 5.74) is 2.54. The second kappa shape index (κ2) is 9.79. The Labute approximate surface area is 198 Å². The van der Waals surface area contributed by atoms with Crippen LogP contribution in [0.4, 0.5) is 5.69 Å². The number of carbonyl (C=O) groups excluding carboxylic acids is 2. The van der Waals surface area contributed by atoms with E-state index >= 15 is 0 Å². The minimum atomic E-state index is -0.827. The lowest BCUT2D eigenvalue weighted by molar-refractivity contribution is -0.132. The third kappa shape index (κ3) is 4.24. The van der Waals surface area contributed by atoms with E-state index in [0.29, 0.717) is 41.5 Å². The number of pyridine rings is 1. The lowest BCUT2D eigenvalue weighted by atomic mass is 9.95. The molecule has 1 saturated heterocycles. The molecule has 1 atom stereocenters. The smallest absolute Gasteiger partial charge is 0.300 e. The number of anilines is 1. The summed E-state index contributed by atoms with van der Waals surface area (Å²) < 4.78 is 11.3. The predicted molar refractivity (Wildman–Crippen MR) is 129 cm³/mol. The lowest BCUT2D eigenvalue weighted by Crippen LogP contribution is -2.29. The van der Waals surface area contributed by atoms with Gasteiger partial charge in [0.1, 0.15) is 17.3 Å². The summed E-state index contributed by atoms with van der Waals surface area (Å²) in [5, 5.41) is 11.4. The summed E-state index contributed by atoms with van der Waals surface area (Å²) in [7, 11) is 0. The second-order valence-corrected chi connectivity index (χ2v) is 7.81. The second-order valence-electron chi connectivity index (χ2n) is 7.81. The molecule has 0 bridgehead atoms. The van der Waals surface area contributed by atoms with Gasteiger partial charge in [0.25, 0.3) is 11.7 Å². The van der Waals surface area contributed by atoms with Gasteiger partial charge in [0.2, 0.25) is 0 Å². The Bertz CT molecular complexity index is 1240. The van der Waals surface area contributed by atoms with Crippen molar-refractivity contribution in [2.45, 2.75) is 26.8 Å². The van der Waals surface area contributed by atoms with Crippen LogP contribution >= 0.6 is 0 Å². The Morgan fingerprint density at radius 2 is 1.65 bits per heavy atom. The monoisotopic (exact) mass is 458 g/mol. The fourth-order valence-corrected chi connectivity index (χ4v) is 4.04. The Hall–Kier alpha value is -4.13. The van der Waals surface area contributed by atoms with Gasteiger partial charge in [-0.15, -0.1) is 0 Å². The van der Waals surface area contributed by atoms with E-state index in [0.717, 1.165) is 5.56 Å². The van der Waals surface area contributed by atoms with Gasteiger partial charge in [-0.25, -0.2) is 0 Å². The van der Waals surface area contributed by atoms with Crippen LogP contribution in [-0.2, 0) is 9.59 Å². The van der Waals surface area contributed by atoms with Crippen molar-refractivity contribution in [2.75, 3.05) is 18.1 Å². The van der Waals surface area contributed by atoms with Gasteiger partial charge in [-0.3, -0.25) is 19.5 Å². The number of amides is 1. The highest BCUT2D eigenvalue weighted by Crippen LogP contribution is 2.43. The molecule has 34 heavy (non-hydrogen) atoms. The number of carbonyl (C=O) groups is 2. The number of aliphatic hydroxyl groups is 1. The van der Waals surface area contributed by atoms with Crippen molar-refractivity contribution < 1.29 is 24.2 Å². The maximum absolute atomic E-state index is 13.3. The van der Waals surface area contributed by atoms with E-state index in [1.54, 1.807) is 54.9 Å². The molecule has 2 aromatic carbocycles. The maximum Gasteiger partial charge on any atom is 0.300 e. The van der Waals surface area contributed by atoms with Crippen LogP contribution in [0.1, 0.15) is 36.6 Å². The number of ether oxygens (including phenoxy) is 2. The fraction of sp³-hybridized carbons (Fsp3) is 0.222. The van der Waals surface area contributed by atoms with E-state index in [1.807, 2.05) is 32.9 Å². The molecule has 0 saturated carbocycles. The van der Waals surface area contributed by atoms with Crippen LogP contribution in [0.3, 0.4) is 0 Å². The SMILES string of the molecule is CCOc1ccc(/C(O)=C2/C(=O)C(=O)N(c3ccc(C)cc3)C2c2ccncc2)c(OCC)c1. The molecule has 174 valence electrons. The first-order valence-corrected chi connectivity index (χ1v) is 11.1. The number of aromatic nitrogens is 1. The predicted octanol–water partition coefficient (Wildman–Crippen LogP) is 4.81. The molecule has 0 spiro atoms. The molecule has 0 radical (unpaired) electrons. The quantitative estimate of drug-likeness (QED) is 0.310. The van der Waals surface area contributed by atoms with E-state index in [9.17, 15) is 14.7 Å². The molecule has 1 aliphatic heterocycles. The zero-order chi connectivity index (χ0) is 24.2. The van der Waals surface area contributed by atoms with Crippen molar-refractivity contribution in [3.63, 3.8) is 0 Å². The number of ketones is 1. The number of hydrogen-bond acceptors (Lipinski definition) is 6. The maximum atomic E-state index is 13.3. The Kier molecular flexibility index (Phi) is 6.63. The number of nitrogens with zero attached hydrogens (tertiary/aromatic N) is 2. The zero-order valence-corrected chi connectivity index (χ0v) is 19.3. The summed E-state index contributed by atoms with van der Waals surface area (Å²) >= 11 is 0. The van der Waals surface area contributed by atoms with Gasteiger partial charge in [0.15, 0.2) is 0 Å². The van der Waals surface area contributed by atoms with Gasteiger partial charge in [-0.05, 0) is 62.7 Å². The molecule has 1 aromatic heterocycles. The molecule has 1 unspecified atom stereocenters. The molecule has 2 heterocycles. The number of aliphatic hydroxyl groups excluding tert-OH is 1. The molecule has 1 fully saturated rings. The highest BCUT2D eigenvalue weighted by atomic mass is 16.5. The topological polar surface area (TPSA) is 89.0 Å². The van der Waals surface area contributed by atoms with Crippen LogP contribution in [0.2, 0.25) is 0 Å².